The average molecular weight is 434 g/mol. The van der Waals surface area contributed by atoms with Crippen LogP contribution in [0.5, 0.6) is 0 Å². The summed E-state index contributed by atoms with van der Waals surface area (Å²) in [5.74, 6) is -0.193. The van der Waals surface area contributed by atoms with Crippen molar-refractivity contribution in [1.29, 1.82) is 0 Å². The van der Waals surface area contributed by atoms with Gasteiger partial charge in [0.15, 0.2) is 0 Å². The van der Waals surface area contributed by atoms with Gasteiger partial charge in [-0.3, -0.25) is 4.79 Å². The first-order chi connectivity index (χ1) is 13.4. The lowest BCUT2D eigenvalue weighted by Gasteiger charge is -2.19. The third-order valence-electron chi connectivity index (χ3n) is 4.67. The molecule has 1 N–H and O–H groups in total. The van der Waals surface area contributed by atoms with Crippen LogP contribution in [0, 0.1) is 6.92 Å². The maximum atomic E-state index is 13.3. The van der Waals surface area contributed by atoms with Crippen molar-refractivity contribution in [3.63, 3.8) is 0 Å². The van der Waals surface area contributed by atoms with Gasteiger partial charge in [0.25, 0.3) is 5.91 Å². The Morgan fingerprint density at radius 3 is 2.82 bits per heavy atom. The molecule has 1 amide bonds. The third kappa shape index (κ3) is 3.75. The maximum absolute atomic E-state index is 13.3. The quantitative estimate of drug-likeness (QED) is 0.682. The Morgan fingerprint density at radius 2 is 2.11 bits per heavy atom. The van der Waals surface area contributed by atoms with E-state index in [1.165, 1.54) is 27.0 Å². The second-order valence-corrected chi connectivity index (χ2v) is 10.3. The van der Waals surface area contributed by atoms with Crippen LogP contribution in [0.4, 0.5) is 0 Å². The number of hydrogen-bond donors (Lipinski definition) is 1. The minimum absolute atomic E-state index is 0.193. The molecule has 0 radical (unpaired) electrons. The molecule has 1 atom stereocenters. The summed E-state index contributed by atoms with van der Waals surface area (Å²) in [6.45, 7) is 2.44. The fraction of sp³-hybridized carbons (Fsp3) is 0.263. The summed E-state index contributed by atoms with van der Waals surface area (Å²) in [6.07, 6.45) is 0.495. The summed E-state index contributed by atoms with van der Waals surface area (Å²) >= 11 is 2.95. The third-order valence-corrected chi connectivity index (χ3v) is 8.10. The van der Waals surface area contributed by atoms with E-state index in [2.05, 4.69) is 10.3 Å². The number of sulfonamides is 1. The van der Waals surface area contributed by atoms with Gasteiger partial charge >= 0.3 is 0 Å². The number of amides is 1. The molecule has 1 unspecified atom stereocenters. The van der Waals surface area contributed by atoms with Crippen molar-refractivity contribution in [2.45, 2.75) is 30.8 Å². The van der Waals surface area contributed by atoms with Gasteiger partial charge in [-0.05, 0) is 36.4 Å². The molecule has 0 spiro atoms. The topological polar surface area (TPSA) is 79.4 Å². The van der Waals surface area contributed by atoms with Gasteiger partial charge in [0, 0.05) is 17.3 Å². The van der Waals surface area contributed by atoms with Crippen molar-refractivity contribution in [2.75, 3.05) is 6.54 Å². The number of nitrogens with one attached hydrogen (secondary N) is 1. The summed E-state index contributed by atoms with van der Waals surface area (Å²) in [4.78, 5) is 17.2. The second kappa shape index (κ2) is 7.75. The summed E-state index contributed by atoms with van der Waals surface area (Å²) in [5, 5.41) is 9.43. The van der Waals surface area contributed by atoms with Crippen LogP contribution < -0.4 is 5.32 Å². The van der Waals surface area contributed by atoms with Crippen LogP contribution in [0.3, 0.4) is 0 Å². The number of thiophene rings is 1. The monoisotopic (exact) mass is 433 g/mol. The van der Waals surface area contributed by atoms with E-state index in [4.69, 9.17) is 0 Å². The van der Waals surface area contributed by atoms with Crippen LogP contribution in [0.1, 0.15) is 39.1 Å². The van der Waals surface area contributed by atoms with Crippen LogP contribution in [-0.4, -0.2) is 30.2 Å². The zero-order valence-electron chi connectivity index (χ0n) is 15.2. The van der Waals surface area contributed by atoms with E-state index in [0.29, 0.717) is 24.1 Å². The number of rotatable bonds is 4. The fourth-order valence-corrected chi connectivity index (χ4v) is 6.23. The van der Waals surface area contributed by atoms with Gasteiger partial charge in [0.2, 0.25) is 10.0 Å². The number of carbonyl (C=O) groups is 1. The van der Waals surface area contributed by atoms with Crippen molar-refractivity contribution in [3.05, 3.63) is 68.3 Å². The number of benzene rings is 1. The van der Waals surface area contributed by atoms with Crippen LogP contribution in [0.2, 0.25) is 0 Å². The Morgan fingerprint density at radius 1 is 1.29 bits per heavy atom. The van der Waals surface area contributed by atoms with Crippen molar-refractivity contribution in [1.82, 2.24) is 14.6 Å². The van der Waals surface area contributed by atoms with Gasteiger partial charge in [-0.2, -0.15) is 15.6 Å². The number of thiazole rings is 1. The minimum Gasteiger partial charge on any atom is -0.345 e. The normalized spacial score (nSPS) is 19.0. The van der Waals surface area contributed by atoms with Crippen molar-refractivity contribution < 1.29 is 13.2 Å². The van der Waals surface area contributed by atoms with Gasteiger partial charge in [0.1, 0.15) is 0 Å². The molecule has 0 fully saturated rings. The molecule has 146 valence electrons. The molecule has 28 heavy (non-hydrogen) atoms. The standard InChI is InChI=1S/C19H19N3O3S3/c1-13-20-15(12-27-13)10-22-8-6-17(21-19(23)14-7-9-26-11-14)16-4-2-3-5-18(16)28(22,24)25/h2-5,7,9,11-12,17H,6,8,10H2,1H3,(H,21,23). The number of fused-ring (bicyclic) bond motifs is 1. The lowest BCUT2D eigenvalue weighted by atomic mass is 10.0. The van der Waals surface area contributed by atoms with Gasteiger partial charge in [-0.15, -0.1) is 11.3 Å². The van der Waals surface area contributed by atoms with Gasteiger partial charge in [-0.25, -0.2) is 13.4 Å². The highest BCUT2D eigenvalue weighted by Crippen LogP contribution is 2.32. The van der Waals surface area contributed by atoms with E-state index >= 15 is 0 Å². The zero-order chi connectivity index (χ0) is 19.7. The zero-order valence-corrected chi connectivity index (χ0v) is 17.6. The predicted molar refractivity (Wildman–Crippen MR) is 110 cm³/mol. The summed E-state index contributed by atoms with van der Waals surface area (Å²) < 4.78 is 28.0. The van der Waals surface area contributed by atoms with Crippen LogP contribution in [-0.2, 0) is 16.6 Å². The van der Waals surface area contributed by atoms with Crippen molar-refractivity contribution in [2.24, 2.45) is 0 Å². The molecule has 1 aliphatic rings. The number of nitrogens with zero attached hydrogens (tertiary/aromatic N) is 2. The summed E-state index contributed by atoms with van der Waals surface area (Å²) in [5.41, 5.74) is 1.96. The molecule has 1 aliphatic heterocycles. The minimum atomic E-state index is -3.68. The van der Waals surface area contributed by atoms with E-state index in [-0.39, 0.29) is 23.4 Å². The number of aromatic nitrogens is 1. The second-order valence-electron chi connectivity index (χ2n) is 6.56. The largest absolute Gasteiger partial charge is 0.345 e. The Labute approximate surface area is 171 Å². The van der Waals surface area contributed by atoms with E-state index in [1.54, 1.807) is 35.7 Å². The number of carbonyl (C=O) groups excluding carboxylic acids is 1. The molecule has 6 nitrogen and oxygen atoms in total. The molecule has 0 saturated heterocycles. The first-order valence-corrected chi connectivity index (χ1v) is 12.0. The Bertz CT molecular complexity index is 1090. The van der Waals surface area contributed by atoms with Gasteiger partial charge in [0.05, 0.1) is 33.7 Å². The van der Waals surface area contributed by atoms with Crippen LogP contribution in [0.15, 0.2) is 51.4 Å². The first kappa shape index (κ1) is 19.3. The van der Waals surface area contributed by atoms with Gasteiger partial charge < -0.3 is 5.32 Å². The molecule has 2 aromatic heterocycles. The molecule has 9 heteroatoms. The van der Waals surface area contributed by atoms with Crippen molar-refractivity contribution in [3.8, 4) is 0 Å². The Balaban J connectivity index is 1.66. The lowest BCUT2D eigenvalue weighted by Crippen LogP contribution is -2.31. The fourth-order valence-electron chi connectivity index (χ4n) is 3.30. The van der Waals surface area contributed by atoms with E-state index in [0.717, 1.165) is 10.7 Å². The Hall–Kier alpha value is -2.07. The SMILES string of the molecule is Cc1nc(CN2CCC(NC(=O)c3ccsc3)c3ccccc3S2(=O)=O)cs1. The number of hydrogen-bond acceptors (Lipinski definition) is 6. The predicted octanol–water partition coefficient (Wildman–Crippen LogP) is 3.58. The van der Waals surface area contributed by atoms with Crippen LogP contribution in [0.25, 0.3) is 0 Å². The molecular formula is C19H19N3O3S3. The van der Waals surface area contributed by atoms with E-state index in [9.17, 15) is 13.2 Å². The first-order valence-electron chi connectivity index (χ1n) is 8.78. The molecular weight excluding hydrogens is 414 g/mol. The van der Waals surface area contributed by atoms with Crippen LogP contribution >= 0.6 is 22.7 Å². The maximum Gasteiger partial charge on any atom is 0.252 e. The summed E-state index contributed by atoms with van der Waals surface area (Å²) in [7, 11) is -3.68. The molecule has 4 rings (SSSR count). The molecule has 0 bridgehead atoms. The number of aryl methyl sites for hydroxylation is 1. The smallest absolute Gasteiger partial charge is 0.252 e. The highest BCUT2D eigenvalue weighted by atomic mass is 32.2. The van der Waals surface area contributed by atoms with Crippen molar-refractivity contribution >= 4 is 38.6 Å². The highest BCUT2D eigenvalue weighted by molar-refractivity contribution is 7.89. The summed E-state index contributed by atoms with van der Waals surface area (Å²) in [6, 6.07) is 8.29. The molecule has 3 heterocycles. The van der Waals surface area contributed by atoms with E-state index < -0.39 is 10.0 Å². The average Bonchev–Trinajstić information content (AvgIpc) is 3.33. The highest BCUT2D eigenvalue weighted by Gasteiger charge is 2.34. The molecule has 0 saturated carbocycles. The molecule has 0 aliphatic carbocycles. The Kier molecular flexibility index (Phi) is 5.33. The van der Waals surface area contributed by atoms with E-state index in [1.807, 2.05) is 17.7 Å². The van der Waals surface area contributed by atoms with Gasteiger partial charge in [-0.1, -0.05) is 18.2 Å². The molecule has 3 aromatic rings. The lowest BCUT2D eigenvalue weighted by molar-refractivity contribution is 0.0934. The molecule has 1 aromatic carbocycles.